The molecule has 0 fully saturated rings. The predicted molar refractivity (Wildman–Crippen MR) is 274 cm³/mol. The SMILES string of the molecule is C=C(C)C(=O)OCC(COC(=O)CCCCCCCCCCCCCCCCCCCCC(=O)OCC(COC(=O)C(=C)C)(COC(=O)C(=C)C)COC(=O)C(=C)C)(COC(=O)C(=C)C)COC(=O)C(=C)C. The highest BCUT2D eigenvalue weighted by molar-refractivity contribution is 5.89. The van der Waals surface area contributed by atoms with E-state index in [0.29, 0.717) is 12.8 Å². The summed E-state index contributed by atoms with van der Waals surface area (Å²) < 4.78 is 43.2. The maximum Gasteiger partial charge on any atom is 0.333 e. The van der Waals surface area contributed by atoms with Crippen molar-refractivity contribution in [2.75, 3.05) is 52.9 Å². The van der Waals surface area contributed by atoms with E-state index < -0.39 is 58.6 Å². The zero-order valence-corrected chi connectivity index (χ0v) is 44.6. The second kappa shape index (κ2) is 37.9. The Labute approximate surface area is 429 Å². The number of ether oxygens (including phenoxy) is 8. The minimum Gasteiger partial charge on any atom is -0.465 e. The van der Waals surface area contributed by atoms with E-state index in [2.05, 4.69) is 39.5 Å². The van der Waals surface area contributed by atoms with E-state index in [0.717, 1.165) is 51.4 Å². The van der Waals surface area contributed by atoms with Crippen LogP contribution in [0.2, 0.25) is 0 Å². The Balaban J connectivity index is 4.42. The molecule has 0 spiro atoms. The molecule has 0 aliphatic carbocycles. The van der Waals surface area contributed by atoms with Crippen molar-refractivity contribution in [3.8, 4) is 0 Å². The summed E-state index contributed by atoms with van der Waals surface area (Å²) in [7, 11) is 0. The van der Waals surface area contributed by atoms with E-state index in [1.165, 1.54) is 92.9 Å². The molecule has 0 aliphatic rings. The lowest BCUT2D eigenvalue weighted by Crippen LogP contribution is -2.44. The lowest BCUT2D eigenvalue weighted by molar-refractivity contribution is -0.170. The van der Waals surface area contributed by atoms with Gasteiger partial charge in [0, 0.05) is 46.3 Å². The van der Waals surface area contributed by atoms with Gasteiger partial charge in [0.2, 0.25) is 0 Å². The molecule has 16 nitrogen and oxygen atoms in total. The number of esters is 8. The van der Waals surface area contributed by atoms with Gasteiger partial charge in [-0.25, -0.2) is 28.8 Å². The van der Waals surface area contributed by atoms with E-state index >= 15 is 0 Å². The molecule has 0 aliphatic heterocycles. The molecule has 0 atom stereocenters. The molecule has 16 heteroatoms. The third-order valence-corrected chi connectivity index (χ3v) is 11.2. The van der Waals surface area contributed by atoms with Crippen LogP contribution in [0.1, 0.15) is 170 Å². The fourth-order valence-corrected chi connectivity index (χ4v) is 6.53. The molecule has 0 unspecified atom stereocenters. The van der Waals surface area contributed by atoms with Gasteiger partial charge >= 0.3 is 47.8 Å². The lowest BCUT2D eigenvalue weighted by Gasteiger charge is -2.31. The molecule has 0 amide bonds. The summed E-state index contributed by atoms with van der Waals surface area (Å²) in [5, 5.41) is 0. The first-order chi connectivity index (χ1) is 34.0. The van der Waals surface area contributed by atoms with Gasteiger partial charge in [0.15, 0.2) is 0 Å². The largest absolute Gasteiger partial charge is 0.465 e. The van der Waals surface area contributed by atoms with Crippen molar-refractivity contribution in [2.45, 2.75) is 170 Å². The van der Waals surface area contributed by atoms with Crippen LogP contribution in [0, 0.1) is 10.8 Å². The van der Waals surface area contributed by atoms with Crippen LogP contribution < -0.4 is 0 Å². The second-order valence-electron chi connectivity index (χ2n) is 19.3. The van der Waals surface area contributed by atoms with Gasteiger partial charge in [-0.05, 0) is 54.4 Å². The number of carbonyl (C=O) groups is 8. The van der Waals surface area contributed by atoms with Crippen LogP contribution in [0.4, 0.5) is 0 Å². The van der Waals surface area contributed by atoms with Crippen molar-refractivity contribution in [2.24, 2.45) is 10.8 Å². The van der Waals surface area contributed by atoms with Crippen molar-refractivity contribution >= 4 is 47.8 Å². The fourth-order valence-electron chi connectivity index (χ4n) is 6.53. The van der Waals surface area contributed by atoms with E-state index in [4.69, 9.17) is 37.9 Å². The monoisotopic (exact) mass is 1010 g/mol. The highest BCUT2D eigenvalue weighted by atomic mass is 16.6. The number of unbranched alkanes of at least 4 members (excludes halogenated alkanes) is 17. The van der Waals surface area contributed by atoms with Gasteiger partial charge in [-0.15, -0.1) is 0 Å². The van der Waals surface area contributed by atoms with E-state index in [-0.39, 0.29) is 99.1 Å². The van der Waals surface area contributed by atoms with Crippen LogP contribution in [0.5, 0.6) is 0 Å². The number of hydrogen-bond donors (Lipinski definition) is 0. The average molecular weight is 1020 g/mol. The summed E-state index contributed by atoms with van der Waals surface area (Å²) in [5.41, 5.74) is -1.92. The van der Waals surface area contributed by atoms with Crippen molar-refractivity contribution in [3.63, 3.8) is 0 Å². The highest BCUT2D eigenvalue weighted by Gasteiger charge is 2.39. The van der Waals surface area contributed by atoms with Crippen LogP contribution in [0.3, 0.4) is 0 Å². The number of carbonyl (C=O) groups excluding carboxylic acids is 8. The summed E-state index contributed by atoms with van der Waals surface area (Å²) in [6, 6.07) is 0. The van der Waals surface area contributed by atoms with Crippen LogP contribution in [0.15, 0.2) is 72.9 Å². The van der Waals surface area contributed by atoms with E-state index in [1.807, 2.05) is 0 Å². The molecule has 0 aromatic heterocycles. The van der Waals surface area contributed by atoms with Crippen LogP contribution in [-0.4, -0.2) is 101 Å². The van der Waals surface area contributed by atoms with Crippen LogP contribution in [-0.2, 0) is 76.3 Å². The maximum atomic E-state index is 12.7. The molecular formula is C56H86O16. The topological polar surface area (TPSA) is 210 Å². The Morgan fingerprint density at radius 1 is 0.250 bits per heavy atom. The van der Waals surface area contributed by atoms with E-state index in [9.17, 15) is 38.4 Å². The Bertz CT molecular complexity index is 1570. The molecule has 0 radical (unpaired) electrons. The molecule has 0 rings (SSSR count). The Morgan fingerprint density at radius 3 is 0.542 bits per heavy atom. The third-order valence-electron chi connectivity index (χ3n) is 11.2. The first-order valence-electron chi connectivity index (χ1n) is 25.2. The first kappa shape index (κ1) is 66.2. The van der Waals surface area contributed by atoms with Gasteiger partial charge in [0.25, 0.3) is 0 Å². The summed E-state index contributed by atoms with van der Waals surface area (Å²) in [6.07, 6.45) is 19.5. The van der Waals surface area contributed by atoms with Gasteiger partial charge in [-0.1, -0.05) is 142 Å². The summed E-state index contributed by atoms with van der Waals surface area (Å²) in [5.74, 6) is -5.16. The number of hydrogen-bond acceptors (Lipinski definition) is 16. The van der Waals surface area contributed by atoms with Crippen molar-refractivity contribution in [3.05, 3.63) is 72.9 Å². The molecular weight excluding hydrogens is 929 g/mol. The normalized spacial score (nSPS) is 11.0. The van der Waals surface area contributed by atoms with Crippen molar-refractivity contribution in [1.82, 2.24) is 0 Å². The van der Waals surface area contributed by atoms with Crippen molar-refractivity contribution in [1.29, 1.82) is 0 Å². The highest BCUT2D eigenvalue weighted by Crippen LogP contribution is 2.25. The van der Waals surface area contributed by atoms with Crippen LogP contribution in [0.25, 0.3) is 0 Å². The van der Waals surface area contributed by atoms with Gasteiger partial charge in [0.05, 0.1) is 0 Å². The molecule has 0 N–H and O–H groups in total. The Kier molecular flexibility index (Phi) is 34.9. The average Bonchev–Trinajstić information content (AvgIpc) is 3.33. The zero-order chi connectivity index (χ0) is 54.5. The van der Waals surface area contributed by atoms with Crippen molar-refractivity contribution < 1.29 is 76.3 Å². The predicted octanol–water partition coefficient (Wildman–Crippen LogP) is 10.6. The maximum absolute atomic E-state index is 12.7. The fraction of sp³-hybridized carbons (Fsp3) is 0.643. The molecule has 72 heavy (non-hydrogen) atoms. The van der Waals surface area contributed by atoms with Gasteiger partial charge < -0.3 is 37.9 Å². The Morgan fingerprint density at radius 2 is 0.389 bits per heavy atom. The minimum absolute atomic E-state index is 0.138. The van der Waals surface area contributed by atoms with Gasteiger partial charge in [-0.3, -0.25) is 9.59 Å². The molecule has 0 aromatic rings. The second-order valence-corrected chi connectivity index (χ2v) is 19.3. The van der Waals surface area contributed by atoms with Gasteiger partial charge in [0.1, 0.15) is 63.7 Å². The molecule has 0 bridgehead atoms. The molecule has 0 heterocycles. The quantitative estimate of drug-likeness (QED) is 0.0241. The first-order valence-corrected chi connectivity index (χ1v) is 25.2. The zero-order valence-electron chi connectivity index (χ0n) is 44.6. The summed E-state index contributed by atoms with van der Waals surface area (Å²) in [4.78, 5) is 98.9. The number of rotatable bonds is 43. The van der Waals surface area contributed by atoms with Gasteiger partial charge in [-0.2, -0.15) is 0 Å². The minimum atomic E-state index is -1.38. The molecule has 0 saturated carbocycles. The molecule has 406 valence electrons. The van der Waals surface area contributed by atoms with Crippen LogP contribution >= 0.6 is 0 Å². The summed E-state index contributed by atoms with van der Waals surface area (Å²) in [6.45, 7) is 27.4. The smallest absolute Gasteiger partial charge is 0.333 e. The molecule has 0 saturated heterocycles. The van der Waals surface area contributed by atoms with E-state index in [1.54, 1.807) is 0 Å². The Hall–Kier alpha value is -5.80. The molecule has 0 aromatic carbocycles. The third kappa shape index (κ3) is 32.2. The standard InChI is InChI=1S/C56H86O16/c1-41(2)49(59)67-35-55(36-68-50(60)42(3)4,37-69-51(61)43(5)6)33-65-47(57)31-29-27-25-23-21-19-17-15-13-14-16-18-20-22-24-26-28-30-32-48(58)66-34-56(38-70-52(62)44(7)8,39-71-53(63)45(9)10)40-72-54(64)46(11)12/h1,3,5,7,9,11,13-40H2,2,4,6,8,10,12H3. The lowest BCUT2D eigenvalue weighted by atomic mass is 9.92. The summed E-state index contributed by atoms with van der Waals surface area (Å²) >= 11 is 0.